The van der Waals surface area contributed by atoms with Gasteiger partial charge < -0.3 is 10.1 Å². The first kappa shape index (κ1) is 17.0. The maximum Gasteiger partial charge on any atom is 0.126 e. The van der Waals surface area contributed by atoms with Crippen molar-refractivity contribution in [3.05, 3.63) is 29.1 Å². The van der Waals surface area contributed by atoms with Crippen molar-refractivity contribution in [2.45, 2.75) is 58.9 Å². The van der Waals surface area contributed by atoms with Gasteiger partial charge in [-0.1, -0.05) is 32.6 Å². The molecule has 1 atom stereocenters. The molecule has 1 unspecified atom stereocenters. The number of nitrogens with one attached hydrogen (secondary N) is 1. The van der Waals surface area contributed by atoms with Crippen molar-refractivity contribution < 1.29 is 9.13 Å². The minimum Gasteiger partial charge on any atom is -0.493 e. The summed E-state index contributed by atoms with van der Waals surface area (Å²) in [5.74, 6) is 0.638. The molecule has 20 heavy (non-hydrogen) atoms. The second-order valence-corrected chi connectivity index (χ2v) is 5.41. The second kappa shape index (κ2) is 8.96. The van der Waals surface area contributed by atoms with Crippen LogP contribution in [-0.4, -0.2) is 13.7 Å². The SMILES string of the molecule is CCCCCCCOc1cc(C)c(F)cc1C(C)NC. The van der Waals surface area contributed by atoms with Crippen molar-refractivity contribution in [3.63, 3.8) is 0 Å². The quantitative estimate of drug-likeness (QED) is 0.659. The molecule has 1 N–H and O–H groups in total. The van der Waals surface area contributed by atoms with Gasteiger partial charge in [-0.15, -0.1) is 0 Å². The van der Waals surface area contributed by atoms with Crippen molar-refractivity contribution in [2.24, 2.45) is 0 Å². The van der Waals surface area contributed by atoms with Crippen LogP contribution >= 0.6 is 0 Å². The topological polar surface area (TPSA) is 21.3 Å². The molecule has 0 heterocycles. The molecule has 0 aliphatic heterocycles. The van der Waals surface area contributed by atoms with E-state index in [1.807, 2.05) is 20.0 Å². The highest BCUT2D eigenvalue weighted by molar-refractivity contribution is 5.40. The number of benzene rings is 1. The van der Waals surface area contributed by atoms with Gasteiger partial charge in [0.05, 0.1) is 6.61 Å². The highest BCUT2D eigenvalue weighted by Gasteiger charge is 2.13. The van der Waals surface area contributed by atoms with Crippen molar-refractivity contribution >= 4 is 0 Å². The highest BCUT2D eigenvalue weighted by atomic mass is 19.1. The van der Waals surface area contributed by atoms with Crippen molar-refractivity contribution in [1.29, 1.82) is 0 Å². The molecular weight excluding hydrogens is 253 g/mol. The average molecular weight is 281 g/mol. The lowest BCUT2D eigenvalue weighted by atomic mass is 10.0. The Morgan fingerprint density at radius 2 is 1.90 bits per heavy atom. The summed E-state index contributed by atoms with van der Waals surface area (Å²) >= 11 is 0. The number of unbranched alkanes of at least 4 members (excludes halogenated alkanes) is 4. The van der Waals surface area contributed by atoms with Gasteiger partial charge in [0.1, 0.15) is 11.6 Å². The van der Waals surface area contributed by atoms with Crippen LogP contribution in [0.25, 0.3) is 0 Å². The monoisotopic (exact) mass is 281 g/mol. The first-order chi connectivity index (χ1) is 9.60. The van der Waals surface area contributed by atoms with Gasteiger partial charge in [0.25, 0.3) is 0 Å². The molecule has 0 amide bonds. The molecule has 0 aromatic heterocycles. The maximum absolute atomic E-state index is 13.7. The molecule has 0 fully saturated rings. The van der Waals surface area contributed by atoms with Crippen molar-refractivity contribution in [3.8, 4) is 5.75 Å². The van der Waals surface area contributed by atoms with Crippen molar-refractivity contribution in [1.82, 2.24) is 5.32 Å². The standard InChI is InChI=1S/C17H28FNO/c1-5-6-7-8-9-10-20-17-11-13(2)16(18)12-15(17)14(3)19-4/h11-12,14,19H,5-10H2,1-4H3. The summed E-state index contributed by atoms with van der Waals surface area (Å²) in [7, 11) is 1.87. The summed E-state index contributed by atoms with van der Waals surface area (Å²) < 4.78 is 19.6. The Balaban J connectivity index is 2.61. The number of rotatable bonds is 9. The molecule has 114 valence electrons. The third-order valence-electron chi connectivity index (χ3n) is 3.70. The molecule has 1 aromatic carbocycles. The van der Waals surface area contributed by atoms with Gasteiger partial charge in [-0.2, -0.15) is 0 Å². The van der Waals surface area contributed by atoms with E-state index in [4.69, 9.17) is 4.74 Å². The Bertz CT molecular complexity index is 406. The minimum atomic E-state index is -0.169. The third-order valence-corrected chi connectivity index (χ3v) is 3.70. The second-order valence-electron chi connectivity index (χ2n) is 5.41. The Morgan fingerprint density at radius 3 is 2.55 bits per heavy atom. The Kier molecular flexibility index (Phi) is 7.60. The molecule has 0 spiro atoms. The zero-order valence-electron chi connectivity index (χ0n) is 13.3. The largest absolute Gasteiger partial charge is 0.493 e. The molecule has 0 saturated carbocycles. The van der Waals surface area contributed by atoms with Crippen LogP contribution in [0, 0.1) is 12.7 Å². The normalized spacial score (nSPS) is 12.4. The van der Waals surface area contributed by atoms with Crippen LogP contribution in [-0.2, 0) is 0 Å². The van der Waals surface area contributed by atoms with Crippen LogP contribution in [0.4, 0.5) is 4.39 Å². The van der Waals surface area contributed by atoms with Crippen LogP contribution in [0.15, 0.2) is 12.1 Å². The number of ether oxygens (including phenoxy) is 1. The van der Waals surface area contributed by atoms with Crippen LogP contribution in [0.1, 0.15) is 63.1 Å². The van der Waals surface area contributed by atoms with Gasteiger partial charge in [0, 0.05) is 11.6 Å². The van der Waals surface area contributed by atoms with E-state index >= 15 is 0 Å². The lowest BCUT2D eigenvalue weighted by Crippen LogP contribution is -2.14. The molecule has 0 bridgehead atoms. The average Bonchev–Trinajstić information content (AvgIpc) is 2.45. The van der Waals surface area contributed by atoms with Crippen LogP contribution in [0.3, 0.4) is 0 Å². The summed E-state index contributed by atoms with van der Waals surface area (Å²) in [6, 6.07) is 3.48. The number of hydrogen-bond acceptors (Lipinski definition) is 2. The fourth-order valence-electron chi connectivity index (χ4n) is 2.18. The zero-order chi connectivity index (χ0) is 15.0. The molecular formula is C17H28FNO. The molecule has 0 aliphatic rings. The summed E-state index contributed by atoms with van der Waals surface area (Å²) in [5.41, 5.74) is 1.53. The first-order valence-electron chi connectivity index (χ1n) is 7.70. The van der Waals surface area contributed by atoms with E-state index in [9.17, 15) is 4.39 Å². The fraction of sp³-hybridized carbons (Fsp3) is 0.647. The number of aryl methyl sites for hydroxylation is 1. The number of hydrogen-bond donors (Lipinski definition) is 1. The van der Waals surface area contributed by atoms with E-state index < -0.39 is 0 Å². The summed E-state index contributed by atoms with van der Waals surface area (Å²) in [5, 5.41) is 3.14. The van der Waals surface area contributed by atoms with Crippen LogP contribution in [0.5, 0.6) is 5.75 Å². The molecule has 0 aliphatic carbocycles. The summed E-state index contributed by atoms with van der Waals surface area (Å²) in [6.07, 6.45) is 6.07. The summed E-state index contributed by atoms with van der Waals surface area (Å²) in [6.45, 7) is 6.71. The van der Waals surface area contributed by atoms with Gasteiger partial charge in [-0.05, 0) is 45.0 Å². The van der Waals surface area contributed by atoms with Crippen molar-refractivity contribution in [2.75, 3.05) is 13.7 Å². The molecule has 3 heteroatoms. The Hall–Kier alpha value is -1.09. The molecule has 1 rings (SSSR count). The molecule has 0 saturated heterocycles. The van der Waals surface area contributed by atoms with Gasteiger partial charge in [-0.25, -0.2) is 4.39 Å². The van der Waals surface area contributed by atoms with E-state index in [0.717, 1.165) is 17.7 Å². The Labute approximate surface area is 122 Å². The fourth-order valence-corrected chi connectivity index (χ4v) is 2.18. The van der Waals surface area contributed by atoms with Gasteiger partial charge >= 0.3 is 0 Å². The predicted octanol–water partition coefficient (Wildman–Crippen LogP) is 4.76. The van der Waals surface area contributed by atoms with Crippen LogP contribution < -0.4 is 10.1 Å². The lowest BCUT2D eigenvalue weighted by Gasteiger charge is -2.17. The predicted molar refractivity (Wildman–Crippen MR) is 82.9 cm³/mol. The molecule has 1 aromatic rings. The van der Waals surface area contributed by atoms with Gasteiger partial charge in [-0.3, -0.25) is 0 Å². The minimum absolute atomic E-state index is 0.0835. The highest BCUT2D eigenvalue weighted by Crippen LogP contribution is 2.28. The van der Waals surface area contributed by atoms with E-state index in [1.165, 1.54) is 25.7 Å². The first-order valence-corrected chi connectivity index (χ1v) is 7.70. The van der Waals surface area contributed by atoms with E-state index in [0.29, 0.717) is 12.2 Å². The molecule has 0 radical (unpaired) electrons. The Morgan fingerprint density at radius 1 is 1.20 bits per heavy atom. The zero-order valence-corrected chi connectivity index (χ0v) is 13.3. The third kappa shape index (κ3) is 5.12. The van der Waals surface area contributed by atoms with Crippen LogP contribution in [0.2, 0.25) is 0 Å². The van der Waals surface area contributed by atoms with Gasteiger partial charge in [0.2, 0.25) is 0 Å². The maximum atomic E-state index is 13.7. The summed E-state index contributed by atoms with van der Waals surface area (Å²) in [4.78, 5) is 0. The number of halogens is 1. The van der Waals surface area contributed by atoms with Gasteiger partial charge in [0.15, 0.2) is 0 Å². The molecule has 2 nitrogen and oxygen atoms in total. The van der Waals surface area contributed by atoms with E-state index in [1.54, 1.807) is 13.0 Å². The van der Waals surface area contributed by atoms with E-state index in [2.05, 4.69) is 12.2 Å². The lowest BCUT2D eigenvalue weighted by molar-refractivity contribution is 0.298. The smallest absolute Gasteiger partial charge is 0.126 e. The van der Waals surface area contributed by atoms with E-state index in [-0.39, 0.29) is 11.9 Å².